The second kappa shape index (κ2) is 7.45. The van der Waals surface area contributed by atoms with E-state index in [0.29, 0.717) is 11.3 Å². The monoisotopic (exact) mass is 365 g/mol. The number of piperazine rings is 1. The van der Waals surface area contributed by atoms with Crippen LogP contribution in [0, 0.1) is 0 Å². The van der Waals surface area contributed by atoms with Crippen LogP contribution >= 0.6 is 0 Å². The molecule has 1 fully saturated rings. The van der Waals surface area contributed by atoms with Gasteiger partial charge in [0.25, 0.3) is 0 Å². The molecule has 0 aliphatic carbocycles. The van der Waals surface area contributed by atoms with Crippen molar-refractivity contribution in [1.29, 1.82) is 0 Å². The highest BCUT2D eigenvalue weighted by Gasteiger charge is 2.21. The molecule has 2 N–H and O–H groups in total. The largest absolute Gasteiger partial charge is 0.508 e. The molecule has 1 aliphatic rings. The Kier molecular flexibility index (Phi) is 4.86. The van der Waals surface area contributed by atoms with Gasteiger partial charge in [0.1, 0.15) is 17.9 Å². The summed E-state index contributed by atoms with van der Waals surface area (Å²) >= 11 is 0. The van der Waals surface area contributed by atoms with E-state index in [0.717, 1.165) is 55.8 Å². The summed E-state index contributed by atoms with van der Waals surface area (Å²) in [6.07, 6.45) is 0.925. The van der Waals surface area contributed by atoms with E-state index in [-0.39, 0.29) is 5.63 Å². The van der Waals surface area contributed by atoms with E-state index < -0.39 is 0 Å². The molecular weight excluding hydrogens is 340 g/mol. The third-order valence-corrected chi connectivity index (χ3v) is 5.43. The van der Waals surface area contributed by atoms with Gasteiger partial charge in [0, 0.05) is 22.7 Å². The van der Waals surface area contributed by atoms with E-state index >= 15 is 0 Å². The van der Waals surface area contributed by atoms with Crippen molar-refractivity contribution in [3.05, 3.63) is 70.1 Å². The maximum atomic E-state index is 12.0. The third-order valence-electron chi connectivity index (χ3n) is 5.43. The van der Waals surface area contributed by atoms with Gasteiger partial charge in [0.2, 0.25) is 0 Å². The molecule has 0 amide bonds. The molecule has 1 saturated heterocycles. The average molecular weight is 365 g/mol. The molecule has 2 heterocycles. The molecule has 0 bridgehead atoms. The smallest absolute Gasteiger partial charge is 0.336 e. The van der Waals surface area contributed by atoms with Gasteiger partial charge >= 0.3 is 5.63 Å². The van der Waals surface area contributed by atoms with Crippen LogP contribution in [0.5, 0.6) is 5.75 Å². The van der Waals surface area contributed by atoms with Crippen molar-refractivity contribution < 1.29 is 14.4 Å². The van der Waals surface area contributed by atoms with E-state index in [1.807, 2.05) is 18.2 Å². The molecule has 1 aromatic heterocycles. The highest BCUT2D eigenvalue weighted by molar-refractivity contribution is 5.80. The lowest BCUT2D eigenvalue weighted by Gasteiger charge is -2.33. The summed E-state index contributed by atoms with van der Waals surface area (Å²) < 4.78 is 5.43. The zero-order valence-corrected chi connectivity index (χ0v) is 15.6. The number of nitrogens with zero attached hydrogens (tertiary/aromatic N) is 1. The van der Waals surface area contributed by atoms with Crippen LogP contribution in [0.25, 0.3) is 11.0 Å². The van der Waals surface area contributed by atoms with Gasteiger partial charge in [-0.05, 0) is 42.3 Å². The normalized spacial score (nSPS) is 15.4. The van der Waals surface area contributed by atoms with Crippen molar-refractivity contribution in [2.24, 2.45) is 0 Å². The van der Waals surface area contributed by atoms with Crippen molar-refractivity contribution >= 4 is 16.7 Å². The number of anilines is 1. The number of nitrogens with one attached hydrogen (secondary N) is 1. The second-order valence-electron chi connectivity index (χ2n) is 7.20. The molecule has 4 rings (SSSR count). The van der Waals surface area contributed by atoms with Crippen molar-refractivity contribution in [3.63, 3.8) is 0 Å². The summed E-state index contributed by atoms with van der Waals surface area (Å²) in [5, 5.41) is 10.5. The Morgan fingerprint density at radius 2 is 1.81 bits per heavy atom. The SMILES string of the molecule is CCc1ccc2c(C[NH+]3CCN(c4ccc(O)cc4)CC3)cc(=O)oc2c1. The standard InChI is InChI=1S/C22H24N2O3/c1-2-16-3-8-20-17(14-22(26)27-21(20)13-16)15-23-9-11-24(12-10-23)18-4-6-19(25)7-5-18/h3-8,13-14,25H,2,9-12,15H2,1H3/p+1. The Hall–Kier alpha value is -2.79. The first-order valence-corrected chi connectivity index (χ1v) is 9.55. The maximum Gasteiger partial charge on any atom is 0.336 e. The number of hydrogen-bond acceptors (Lipinski definition) is 4. The highest BCUT2D eigenvalue weighted by Crippen LogP contribution is 2.20. The fraction of sp³-hybridized carbons (Fsp3) is 0.318. The lowest BCUT2D eigenvalue weighted by atomic mass is 10.1. The van der Waals surface area contributed by atoms with Gasteiger partial charge in [-0.3, -0.25) is 0 Å². The molecular formula is C22H25N2O3+. The van der Waals surface area contributed by atoms with Crippen molar-refractivity contribution in [3.8, 4) is 5.75 Å². The van der Waals surface area contributed by atoms with Crippen LogP contribution < -0.4 is 15.4 Å². The van der Waals surface area contributed by atoms with Crippen LogP contribution in [-0.4, -0.2) is 31.3 Å². The number of phenolic OH excluding ortho intramolecular Hbond substituents is 1. The molecule has 0 spiro atoms. The van der Waals surface area contributed by atoms with Crippen molar-refractivity contribution in [1.82, 2.24) is 0 Å². The van der Waals surface area contributed by atoms with E-state index in [4.69, 9.17) is 4.42 Å². The molecule has 5 heteroatoms. The van der Waals surface area contributed by atoms with Gasteiger partial charge in [-0.2, -0.15) is 0 Å². The van der Waals surface area contributed by atoms with Gasteiger partial charge < -0.3 is 19.3 Å². The van der Waals surface area contributed by atoms with Gasteiger partial charge in [0.05, 0.1) is 26.2 Å². The molecule has 3 aromatic rings. The van der Waals surface area contributed by atoms with Gasteiger partial charge in [-0.15, -0.1) is 0 Å². The van der Waals surface area contributed by atoms with E-state index in [9.17, 15) is 9.90 Å². The summed E-state index contributed by atoms with van der Waals surface area (Å²) in [6, 6.07) is 15.2. The van der Waals surface area contributed by atoms with E-state index in [1.54, 1.807) is 18.2 Å². The van der Waals surface area contributed by atoms with Crippen molar-refractivity contribution in [2.45, 2.75) is 19.9 Å². The predicted octanol–water partition coefficient (Wildman–Crippen LogP) is 1.97. The van der Waals surface area contributed by atoms with Crippen molar-refractivity contribution in [2.75, 3.05) is 31.1 Å². The number of phenols is 1. The zero-order chi connectivity index (χ0) is 18.8. The lowest BCUT2D eigenvalue weighted by Crippen LogP contribution is -3.13. The average Bonchev–Trinajstić information content (AvgIpc) is 2.68. The molecule has 1 aliphatic heterocycles. The molecule has 0 atom stereocenters. The molecule has 2 aromatic carbocycles. The number of fused-ring (bicyclic) bond motifs is 1. The van der Waals surface area contributed by atoms with Gasteiger partial charge in [-0.1, -0.05) is 19.1 Å². The number of quaternary nitrogens is 1. The van der Waals surface area contributed by atoms with Crippen LogP contribution in [-0.2, 0) is 13.0 Å². The molecule has 0 unspecified atom stereocenters. The van der Waals surface area contributed by atoms with Gasteiger partial charge in [-0.25, -0.2) is 4.79 Å². The zero-order valence-electron chi connectivity index (χ0n) is 15.6. The van der Waals surface area contributed by atoms with Crippen LogP contribution in [0.1, 0.15) is 18.1 Å². The summed E-state index contributed by atoms with van der Waals surface area (Å²) in [6.45, 7) is 6.86. The number of rotatable bonds is 4. The Morgan fingerprint density at radius 1 is 1.07 bits per heavy atom. The summed E-state index contributed by atoms with van der Waals surface area (Å²) in [7, 11) is 0. The van der Waals surface area contributed by atoms with Crippen LogP contribution in [0.2, 0.25) is 0 Å². The lowest BCUT2D eigenvalue weighted by molar-refractivity contribution is -0.914. The fourth-order valence-corrected chi connectivity index (χ4v) is 3.83. The minimum atomic E-state index is -0.270. The summed E-state index contributed by atoms with van der Waals surface area (Å²) in [4.78, 5) is 15.8. The molecule has 5 nitrogen and oxygen atoms in total. The fourth-order valence-electron chi connectivity index (χ4n) is 3.83. The van der Waals surface area contributed by atoms with E-state index in [1.165, 1.54) is 10.5 Å². The van der Waals surface area contributed by atoms with Crippen LogP contribution in [0.3, 0.4) is 0 Å². The summed E-state index contributed by atoms with van der Waals surface area (Å²) in [5.74, 6) is 0.295. The Bertz CT molecular complexity index is 987. The maximum absolute atomic E-state index is 12.0. The number of hydrogen-bond donors (Lipinski definition) is 2. The quantitative estimate of drug-likeness (QED) is 0.694. The van der Waals surface area contributed by atoms with Gasteiger partial charge in [0.15, 0.2) is 0 Å². The Balaban J connectivity index is 1.49. The predicted molar refractivity (Wildman–Crippen MR) is 107 cm³/mol. The Morgan fingerprint density at radius 3 is 2.52 bits per heavy atom. The van der Waals surface area contributed by atoms with Crippen LogP contribution in [0.15, 0.2) is 57.7 Å². The highest BCUT2D eigenvalue weighted by atomic mass is 16.4. The number of aryl methyl sites for hydroxylation is 1. The third kappa shape index (κ3) is 3.83. The molecule has 27 heavy (non-hydrogen) atoms. The molecule has 0 radical (unpaired) electrons. The Labute approximate surface area is 158 Å². The first-order chi connectivity index (χ1) is 13.1. The van der Waals surface area contributed by atoms with Crippen LogP contribution in [0.4, 0.5) is 5.69 Å². The first kappa shape index (κ1) is 17.6. The number of benzene rings is 2. The number of aromatic hydroxyl groups is 1. The minimum absolute atomic E-state index is 0.270. The van der Waals surface area contributed by atoms with E-state index in [2.05, 4.69) is 24.0 Å². The second-order valence-corrected chi connectivity index (χ2v) is 7.20. The first-order valence-electron chi connectivity index (χ1n) is 9.55. The minimum Gasteiger partial charge on any atom is -0.508 e. The molecule has 140 valence electrons. The topological polar surface area (TPSA) is 58.1 Å². The summed E-state index contributed by atoms with van der Waals surface area (Å²) in [5.41, 5.74) is 3.81. The molecule has 0 saturated carbocycles.